The minimum atomic E-state index is -0.362. The Morgan fingerprint density at radius 2 is 1.77 bits per heavy atom. The molecule has 0 aliphatic rings. The number of carbonyl (C=O) groups excluding carboxylic acids is 1. The summed E-state index contributed by atoms with van der Waals surface area (Å²) in [7, 11) is 1.54. The van der Waals surface area contributed by atoms with Gasteiger partial charge in [0.25, 0.3) is 5.91 Å². The Hall–Kier alpha value is -3.49. The number of para-hydroxylation sites is 1. The standard InChI is InChI=1S/C21H16ClN5O2S/c1-29-15-9-5-6-13(10-15)20(28)24-21(30)23-17-12-19-18(11-16(17)22)25-27(26-19)14-7-3-2-4-8-14/h2-12H,1H3,(H2,23,24,28,30). The highest BCUT2D eigenvalue weighted by Crippen LogP contribution is 2.27. The number of hydrogen-bond acceptors (Lipinski definition) is 5. The first-order valence-corrected chi connectivity index (χ1v) is 9.70. The first-order chi connectivity index (χ1) is 14.5. The maximum absolute atomic E-state index is 12.4. The maximum Gasteiger partial charge on any atom is 0.257 e. The van der Waals surface area contributed by atoms with Crippen LogP contribution in [0.5, 0.6) is 5.75 Å². The molecular formula is C21H16ClN5O2S. The van der Waals surface area contributed by atoms with Crippen molar-refractivity contribution in [3.8, 4) is 11.4 Å². The minimum absolute atomic E-state index is 0.111. The number of carbonyl (C=O) groups is 1. The lowest BCUT2D eigenvalue weighted by atomic mass is 10.2. The van der Waals surface area contributed by atoms with E-state index < -0.39 is 0 Å². The second-order valence-corrected chi connectivity index (χ2v) is 7.10. The molecule has 1 amide bonds. The fourth-order valence-corrected chi connectivity index (χ4v) is 3.21. The Morgan fingerprint density at radius 3 is 2.50 bits per heavy atom. The van der Waals surface area contributed by atoms with Crippen molar-refractivity contribution in [3.05, 3.63) is 77.3 Å². The lowest BCUT2D eigenvalue weighted by Gasteiger charge is -2.11. The Balaban J connectivity index is 1.52. The van der Waals surface area contributed by atoms with Crippen LogP contribution in [0.1, 0.15) is 10.4 Å². The molecule has 0 bridgehead atoms. The molecule has 4 aromatic rings. The number of thiocarbonyl (C=S) groups is 1. The molecule has 0 fully saturated rings. The number of fused-ring (bicyclic) bond motifs is 1. The third kappa shape index (κ3) is 4.24. The van der Waals surface area contributed by atoms with Crippen LogP contribution in [-0.4, -0.2) is 33.1 Å². The molecule has 3 aromatic carbocycles. The topological polar surface area (TPSA) is 81.1 Å². The number of nitrogens with zero attached hydrogens (tertiary/aromatic N) is 3. The zero-order valence-electron chi connectivity index (χ0n) is 15.8. The average molecular weight is 438 g/mol. The molecule has 0 spiro atoms. The molecule has 0 radical (unpaired) electrons. The van der Waals surface area contributed by atoms with Gasteiger partial charge < -0.3 is 10.1 Å². The number of methoxy groups -OCH3 is 1. The van der Waals surface area contributed by atoms with Crippen LogP contribution < -0.4 is 15.4 Å². The van der Waals surface area contributed by atoms with Gasteiger partial charge in [-0.1, -0.05) is 35.9 Å². The molecular weight excluding hydrogens is 422 g/mol. The predicted molar refractivity (Wildman–Crippen MR) is 121 cm³/mol. The van der Waals surface area contributed by atoms with Crippen molar-refractivity contribution in [1.29, 1.82) is 0 Å². The molecule has 4 rings (SSSR count). The van der Waals surface area contributed by atoms with Crippen molar-refractivity contribution < 1.29 is 9.53 Å². The minimum Gasteiger partial charge on any atom is -0.497 e. The summed E-state index contributed by atoms with van der Waals surface area (Å²) in [6, 6.07) is 19.8. The molecule has 1 heterocycles. The van der Waals surface area contributed by atoms with E-state index in [4.69, 9.17) is 28.6 Å². The summed E-state index contributed by atoms with van der Waals surface area (Å²) in [5, 5.41) is 15.0. The maximum atomic E-state index is 12.4. The van der Waals surface area contributed by atoms with Gasteiger partial charge in [0.05, 0.1) is 23.5 Å². The monoisotopic (exact) mass is 437 g/mol. The van der Waals surface area contributed by atoms with Crippen LogP contribution in [0.3, 0.4) is 0 Å². The summed E-state index contributed by atoms with van der Waals surface area (Å²) < 4.78 is 5.14. The molecule has 1 aromatic heterocycles. The number of anilines is 1. The number of amides is 1. The molecule has 0 saturated carbocycles. The van der Waals surface area contributed by atoms with Gasteiger partial charge in [-0.15, -0.1) is 10.2 Å². The van der Waals surface area contributed by atoms with E-state index >= 15 is 0 Å². The van der Waals surface area contributed by atoms with Crippen molar-refractivity contribution in [3.63, 3.8) is 0 Å². The number of rotatable bonds is 4. The molecule has 7 nitrogen and oxygen atoms in total. The summed E-state index contributed by atoms with van der Waals surface area (Å²) in [6.07, 6.45) is 0. The lowest BCUT2D eigenvalue weighted by Crippen LogP contribution is -2.34. The van der Waals surface area contributed by atoms with Gasteiger partial charge in [0, 0.05) is 5.56 Å². The van der Waals surface area contributed by atoms with E-state index in [1.165, 1.54) is 11.9 Å². The largest absolute Gasteiger partial charge is 0.497 e. The second-order valence-electron chi connectivity index (χ2n) is 6.29. The normalized spacial score (nSPS) is 10.6. The SMILES string of the molecule is COc1cccc(C(=O)NC(=S)Nc2cc3nn(-c4ccccc4)nc3cc2Cl)c1. The number of halogens is 1. The van der Waals surface area contributed by atoms with E-state index in [0.717, 1.165) is 5.69 Å². The molecule has 0 aliphatic carbocycles. The van der Waals surface area contributed by atoms with Crippen LogP contribution in [0.4, 0.5) is 5.69 Å². The van der Waals surface area contributed by atoms with Gasteiger partial charge in [-0.25, -0.2) is 0 Å². The fraction of sp³-hybridized carbons (Fsp3) is 0.0476. The van der Waals surface area contributed by atoms with Crippen LogP contribution >= 0.6 is 23.8 Å². The number of ether oxygens (including phenoxy) is 1. The van der Waals surface area contributed by atoms with E-state index in [0.29, 0.717) is 33.1 Å². The molecule has 30 heavy (non-hydrogen) atoms. The van der Waals surface area contributed by atoms with Gasteiger partial charge in [0.15, 0.2) is 5.11 Å². The average Bonchev–Trinajstić information content (AvgIpc) is 3.17. The van der Waals surface area contributed by atoms with E-state index in [9.17, 15) is 4.79 Å². The predicted octanol–water partition coefficient (Wildman–Crippen LogP) is 4.21. The van der Waals surface area contributed by atoms with Gasteiger partial charge >= 0.3 is 0 Å². The quantitative estimate of drug-likeness (QED) is 0.465. The zero-order valence-corrected chi connectivity index (χ0v) is 17.4. The van der Waals surface area contributed by atoms with Crippen molar-refractivity contribution in [2.45, 2.75) is 0 Å². The Kier molecular flexibility index (Phi) is 5.60. The van der Waals surface area contributed by atoms with Gasteiger partial charge in [0.2, 0.25) is 0 Å². The molecule has 150 valence electrons. The molecule has 0 atom stereocenters. The summed E-state index contributed by atoms with van der Waals surface area (Å²) in [4.78, 5) is 14.0. The molecule has 2 N–H and O–H groups in total. The number of benzene rings is 3. The zero-order chi connectivity index (χ0) is 21.1. The summed E-state index contributed by atoms with van der Waals surface area (Å²) >= 11 is 11.6. The van der Waals surface area contributed by atoms with Gasteiger partial charge in [-0.2, -0.15) is 4.80 Å². The van der Waals surface area contributed by atoms with Crippen molar-refractivity contribution >= 4 is 51.6 Å². The van der Waals surface area contributed by atoms with E-state index in [1.54, 1.807) is 36.4 Å². The molecule has 0 saturated heterocycles. The highest BCUT2D eigenvalue weighted by atomic mass is 35.5. The number of aromatic nitrogens is 3. The molecule has 9 heteroatoms. The molecule has 0 unspecified atom stereocenters. The Morgan fingerprint density at radius 1 is 1.03 bits per heavy atom. The smallest absolute Gasteiger partial charge is 0.257 e. The first-order valence-electron chi connectivity index (χ1n) is 8.92. The van der Waals surface area contributed by atoms with Crippen LogP contribution in [-0.2, 0) is 0 Å². The third-order valence-electron chi connectivity index (χ3n) is 4.26. The van der Waals surface area contributed by atoms with Crippen LogP contribution in [0.15, 0.2) is 66.7 Å². The summed E-state index contributed by atoms with van der Waals surface area (Å²) in [6.45, 7) is 0. The second kappa shape index (κ2) is 8.48. The first kappa shape index (κ1) is 19.8. The third-order valence-corrected chi connectivity index (χ3v) is 4.78. The lowest BCUT2D eigenvalue weighted by molar-refractivity contribution is 0.0977. The molecule has 0 aliphatic heterocycles. The highest BCUT2D eigenvalue weighted by Gasteiger charge is 2.13. The van der Waals surface area contributed by atoms with E-state index in [2.05, 4.69) is 20.8 Å². The fourth-order valence-electron chi connectivity index (χ4n) is 2.80. The number of hydrogen-bond donors (Lipinski definition) is 2. The number of nitrogens with one attached hydrogen (secondary N) is 2. The van der Waals surface area contributed by atoms with Crippen molar-refractivity contribution in [2.24, 2.45) is 0 Å². The van der Waals surface area contributed by atoms with Gasteiger partial charge in [0.1, 0.15) is 16.8 Å². The van der Waals surface area contributed by atoms with Crippen molar-refractivity contribution in [2.75, 3.05) is 12.4 Å². The Bertz CT molecular complexity index is 1240. The van der Waals surface area contributed by atoms with Crippen LogP contribution in [0.2, 0.25) is 5.02 Å². The van der Waals surface area contributed by atoms with Crippen LogP contribution in [0, 0.1) is 0 Å². The summed E-state index contributed by atoms with van der Waals surface area (Å²) in [5.41, 5.74) is 3.04. The van der Waals surface area contributed by atoms with E-state index in [-0.39, 0.29) is 11.0 Å². The van der Waals surface area contributed by atoms with Crippen LogP contribution in [0.25, 0.3) is 16.7 Å². The van der Waals surface area contributed by atoms with E-state index in [1.807, 2.05) is 30.3 Å². The van der Waals surface area contributed by atoms with Crippen molar-refractivity contribution in [1.82, 2.24) is 20.3 Å². The summed E-state index contributed by atoms with van der Waals surface area (Å²) in [5.74, 6) is 0.218. The van der Waals surface area contributed by atoms with Gasteiger partial charge in [-0.05, 0) is 54.7 Å². The highest BCUT2D eigenvalue weighted by molar-refractivity contribution is 7.80. The Labute approximate surface area is 182 Å². The van der Waals surface area contributed by atoms with Gasteiger partial charge in [-0.3, -0.25) is 10.1 Å².